The molecule has 14 heavy (non-hydrogen) atoms. The molecule has 0 aliphatic rings. The molecule has 5 heteroatoms. The number of rotatable bonds is 2. The fraction of sp³-hybridized carbons (Fsp3) is 0.222. The molecule has 1 aromatic rings. The van der Waals surface area contributed by atoms with Crippen molar-refractivity contribution in [1.82, 2.24) is 0 Å². The van der Waals surface area contributed by atoms with Gasteiger partial charge in [-0.1, -0.05) is 6.58 Å². The molecule has 2 nitrogen and oxygen atoms in total. The Kier molecular flexibility index (Phi) is 2.55. The van der Waals surface area contributed by atoms with Gasteiger partial charge in [0.2, 0.25) is 5.60 Å². The summed E-state index contributed by atoms with van der Waals surface area (Å²) in [5, 5.41) is 9.36. The molecule has 0 unspecified atom stereocenters. The van der Waals surface area contributed by atoms with Crippen LogP contribution in [0.4, 0.5) is 13.2 Å². The molecule has 0 aliphatic heterocycles. The van der Waals surface area contributed by atoms with E-state index in [1.165, 1.54) is 0 Å². The minimum atomic E-state index is -4.83. The fourth-order valence-corrected chi connectivity index (χ4v) is 0.958. The van der Waals surface area contributed by atoms with Gasteiger partial charge in [-0.2, -0.15) is 13.2 Å². The Morgan fingerprint density at radius 3 is 2.50 bits per heavy atom. The smallest absolute Gasteiger partial charge is 0.425 e. The highest BCUT2D eigenvalue weighted by atomic mass is 19.4. The monoisotopic (exact) mass is 204 g/mol. The maximum atomic E-state index is 12.5. The summed E-state index contributed by atoms with van der Waals surface area (Å²) < 4.78 is 41.9. The lowest BCUT2D eigenvalue weighted by Gasteiger charge is -2.25. The van der Waals surface area contributed by atoms with Crippen LogP contribution in [-0.4, -0.2) is 11.3 Å². The first-order valence-electron chi connectivity index (χ1n) is 3.60. The third-order valence-corrected chi connectivity index (χ3v) is 1.70. The van der Waals surface area contributed by atoms with Crippen LogP contribution in [0, 0.1) is 0 Å². The van der Waals surface area contributed by atoms with E-state index in [0.29, 0.717) is 6.08 Å². The van der Waals surface area contributed by atoms with E-state index in [2.05, 4.69) is 11.0 Å². The minimum absolute atomic E-state index is 0.402. The number of hydrogen-bond acceptors (Lipinski definition) is 2. The summed E-state index contributed by atoms with van der Waals surface area (Å²) in [6.45, 7) is 3.00. The Labute approximate surface area is 78.0 Å². The van der Waals surface area contributed by atoms with E-state index in [-0.39, 0.29) is 0 Å². The topological polar surface area (TPSA) is 33.4 Å². The lowest BCUT2D eigenvalue weighted by molar-refractivity contribution is -0.245. The zero-order chi connectivity index (χ0) is 10.8. The molecule has 0 bridgehead atoms. The maximum absolute atomic E-state index is 12.5. The Balaban J connectivity index is 3.26. The first kappa shape index (κ1) is 10.6. The molecule has 0 fully saturated rings. The molecule has 1 rings (SSSR count). The van der Waals surface area contributed by atoms with Crippen LogP contribution >= 0.6 is 0 Å². The van der Waals surface area contributed by atoms with Crippen LogP contribution < -0.4 is 0 Å². The van der Waals surface area contributed by atoms with E-state index in [0.717, 1.165) is 18.6 Å². The predicted molar refractivity (Wildman–Crippen MR) is 42.4 cm³/mol. The van der Waals surface area contributed by atoms with Crippen molar-refractivity contribution < 1.29 is 22.7 Å². The Hall–Kier alpha value is -1.45. The molecular formula is C9H7F3O2. The molecule has 1 N–H and O–H groups in total. The fourth-order valence-electron chi connectivity index (χ4n) is 0.958. The lowest BCUT2D eigenvalue weighted by Crippen LogP contribution is -2.39. The summed E-state index contributed by atoms with van der Waals surface area (Å²) in [7, 11) is 0. The zero-order valence-corrected chi connectivity index (χ0v) is 7.01. The van der Waals surface area contributed by atoms with Crippen molar-refractivity contribution in [1.29, 1.82) is 0 Å². The van der Waals surface area contributed by atoms with Gasteiger partial charge >= 0.3 is 6.18 Å². The number of furan rings is 1. The first-order valence-corrected chi connectivity index (χ1v) is 3.60. The van der Waals surface area contributed by atoms with Gasteiger partial charge in [0.25, 0.3) is 0 Å². The van der Waals surface area contributed by atoms with Gasteiger partial charge in [0.15, 0.2) is 0 Å². The summed E-state index contributed by atoms with van der Waals surface area (Å²) >= 11 is 0. The first-order chi connectivity index (χ1) is 6.42. The van der Waals surface area contributed by atoms with E-state index in [1.807, 2.05) is 5.73 Å². The van der Waals surface area contributed by atoms with Gasteiger partial charge < -0.3 is 9.52 Å². The number of aliphatic hydroxyl groups is 1. The van der Waals surface area contributed by atoms with Crippen LogP contribution in [0.15, 0.2) is 41.4 Å². The van der Waals surface area contributed by atoms with Crippen LogP contribution in [0.2, 0.25) is 0 Å². The quantitative estimate of drug-likeness (QED) is 0.750. The molecule has 0 saturated carbocycles. The second-order valence-electron chi connectivity index (χ2n) is 2.62. The number of alkyl halides is 3. The van der Waals surface area contributed by atoms with Gasteiger partial charge in [-0.3, -0.25) is 0 Å². The van der Waals surface area contributed by atoms with Gasteiger partial charge in [-0.25, -0.2) is 0 Å². The summed E-state index contributed by atoms with van der Waals surface area (Å²) in [5.74, 6) is 0. The second-order valence-corrected chi connectivity index (χ2v) is 2.62. The van der Waals surface area contributed by atoms with Crippen molar-refractivity contribution >= 4 is 0 Å². The summed E-state index contributed by atoms with van der Waals surface area (Å²) in [4.78, 5) is 0. The number of halogens is 3. The van der Waals surface area contributed by atoms with Gasteiger partial charge in [0.1, 0.15) is 0 Å². The third-order valence-electron chi connectivity index (χ3n) is 1.70. The molecule has 0 aromatic carbocycles. The van der Waals surface area contributed by atoms with E-state index in [1.54, 1.807) is 0 Å². The molecule has 0 radical (unpaired) electrons. The summed E-state index contributed by atoms with van der Waals surface area (Å²) in [5.41, 5.74) is -1.57. The van der Waals surface area contributed by atoms with Crippen molar-refractivity contribution in [3.63, 3.8) is 0 Å². The average molecular weight is 204 g/mol. The van der Waals surface area contributed by atoms with Crippen molar-refractivity contribution in [2.75, 3.05) is 0 Å². The lowest BCUT2D eigenvalue weighted by atomic mass is 9.96. The Morgan fingerprint density at radius 1 is 1.50 bits per heavy atom. The maximum Gasteiger partial charge on any atom is 0.425 e. The van der Waals surface area contributed by atoms with E-state index < -0.39 is 17.3 Å². The predicted octanol–water partition coefficient (Wildman–Crippen LogP) is 2.37. The van der Waals surface area contributed by atoms with Crippen molar-refractivity contribution in [3.05, 3.63) is 42.5 Å². The number of hydrogen-bond donors (Lipinski definition) is 1. The van der Waals surface area contributed by atoms with Crippen LogP contribution in [-0.2, 0) is 5.60 Å². The van der Waals surface area contributed by atoms with Crippen LogP contribution in [0.5, 0.6) is 0 Å². The van der Waals surface area contributed by atoms with Crippen molar-refractivity contribution in [2.45, 2.75) is 11.8 Å². The summed E-state index contributed by atoms with van der Waals surface area (Å²) in [6, 6.07) is 1.03. The SMILES string of the molecule is C=C=C[C@@](O)(c1ccoc1)C(F)(F)F. The summed E-state index contributed by atoms with van der Waals surface area (Å²) in [6.07, 6.45) is -2.52. The molecule has 0 saturated heterocycles. The highest BCUT2D eigenvalue weighted by Gasteiger charge is 2.54. The molecule has 1 aromatic heterocycles. The Bertz CT molecular complexity index is 347. The molecule has 1 atom stereocenters. The van der Waals surface area contributed by atoms with Crippen LogP contribution in [0.1, 0.15) is 5.56 Å². The van der Waals surface area contributed by atoms with Gasteiger partial charge in [0, 0.05) is 11.6 Å². The van der Waals surface area contributed by atoms with E-state index in [4.69, 9.17) is 0 Å². The highest BCUT2D eigenvalue weighted by molar-refractivity contribution is 5.25. The molecule has 0 spiro atoms. The highest BCUT2D eigenvalue weighted by Crippen LogP contribution is 2.39. The van der Waals surface area contributed by atoms with Gasteiger partial charge in [-0.15, -0.1) is 5.73 Å². The van der Waals surface area contributed by atoms with Gasteiger partial charge in [-0.05, 0) is 6.07 Å². The van der Waals surface area contributed by atoms with Gasteiger partial charge in [0.05, 0.1) is 12.5 Å². The molecular weight excluding hydrogens is 197 g/mol. The normalized spacial score (nSPS) is 15.7. The van der Waals surface area contributed by atoms with E-state index >= 15 is 0 Å². The standard InChI is InChI=1S/C9H7F3O2/c1-2-4-8(13,9(10,11)12)7-3-5-14-6-7/h3-6,13H,1H2/t8-/m1/s1. The third kappa shape index (κ3) is 1.60. The van der Waals surface area contributed by atoms with Crippen LogP contribution in [0.25, 0.3) is 0 Å². The second kappa shape index (κ2) is 3.36. The molecule has 0 aliphatic carbocycles. The minimum Gasteiger partial charge on any atom is -0.472 e. The molecule has 1 heterocycles. The zero-order valence-electron chi connectivity index (χ0n) is 7.01. The molecule has 76 valence electrons. The average Bonchev–Trinajstić information content (AvgIpc) is 2.54. The largest absolute Gasteiger partial charge is 0.472 e. The molecule has 0 amide bonds. The van der Waals surface area contributed by atoms with Crippen LogP contribution in [0.3, 0.4) is 0 Å². The van der Waals surface area contributed by atoms with E-state index in [9.17, 15) is 18.3 Å². The van der Waals surface area contributed by atoms with Crippen molar-refractivity contribution in [2.24, 2.45) is 0 Å². The Morgan fingerprint density at radius 2 is 2.14 bits per heavy atom. The van der Waals surface area contributed by atoms with Crippen molar-refractivity contribution in [3.8, 4) is 0 Å².